The molecule has 13 heavy (non-hydrogen) atoms. The van der Waals surface area contributed by atoms with Gasteiger partial charge >= 0.3 is 0 Å². The SMILES string of the molecule is CCCC1=Cc2ccccc2C1.[Hf]. The molecule has 0 aliphatic heterocycles. The minimum Gasteiger partial charge on any atom is -0.0652 e. The van der Waals surface area contributed by atoms with Crippen molar-refractivity contribution >= 4 is 6.08 Å². The Labute approximate surface area is 98.8 Å². The molecule has 2 rings (SSSR count). The van der Waals surface area contributed by atoms with Crippen LogP contribution in [0.5, 0.6) is 0 Å². The first-order valence-corrected chi connectivity index (χ1v) is 4.67. The molecule has 0 amide bonds. The van der Waals surface area contributed by atoms with Crippen molar-refractivity contribution in [3.8, 4) is 0 Å². The third kappa shape index (κ3) is 2.40. The molecule has 0 saturated heterocycles. The fourth-order valence-corrected chi connectivity index (χ4v) is 1.83. The summed E-state index contributed by atoms with van der Waals surface area (Å²) in [5.74, 6) is 0. The average Bonchev–Trinajstić information content (AvgIpc) is 2.47. The molecule has 1 aromatic carbocycles. The number of benzene rings is 1. The van der Waals surface area contributed by atoms with Crippen molar-refractivity contribution in [3.05, 3.63) is 41.0 Å². The second kappa shape index (κ2) is 4.90. The molecule has 0 fully saturated rings. The van der Waals surface area contributed by atoms with E-state index in [-0.39, 0.29) is 25.8 Å². The van der Waals surface area contributed by atoms with E-state index >= 15 is 0 Å². The van der Waals surface area contributed by atoms with Crippen LogP contribution in [0.1, 0.15) is 30.9 Å². The fraction of sp³-hybridized carbons (Fsp3) is 0.333. The molecule has 1 aliphatic carbocycles. The smallest absolute Gasteiger partial charge is 0 e. The van der Waals surface area contributed by atoms with E-state index in [2.05, 4.69) is 37.3 Å². The average molecular weight is 337 g/mol. The Bertz CT molecular complexity index is 313. The van der Waals surface area contributed by atoms with Gasteiger partial charge in [0.1, 0.15) is 0 Å². The molecule has 0 radical (unpaired) electrons. The van der Waals surface area contributed by atoms with Gasteiger partial charge in [0.05, 0.1) is 0 Å². The van der Waals surface area contributed by atoms with Gasteiger partial charge in [-0.05, 0) is 24.0 Å². The van der Waals surface area contributed by atoms with Crippen molar-refractivity contribution in [3.63, 3.8) is 0 Å². The molecule has 0 saturated carbocycles. The van der Waals surface area contributed by atoms with Crippen LogP contribution in [0.2, 0.25) is 0 Å². The molecular formula is C12H14Hf. The maximum atomic E-state index is 2.35. The van der Waals surface area contributed by atoms with E-state index in [1.807, 2.05) is 0 Å². The van der Waals surface area contributed by atoms with E-state index in [1.54, 1.807) is 5.57 Å². The van der Waals surface area contributed by atoms with Crippen LogP contribution in [-0.4, -0.2) is 0 Å². The van der Waals surface area contributed by atoms with Crippen LogP contribution >= 0.6 is 0 Å². The van der Waals surface area contributed by atoms with E-state index in [1.165, 1.54) is 30.4 Å². The van der Waals surface area contributed by atoms with Gasteiger partial charge in [0, 0.05) is 25.8 Å². The van der Waals surface area contributed by atoms with Crippen LogP contribution in [0.15, 0.2) is 29.8 Å². The predicted octanol–water partition coefficient (Wildman–Crippen LogP) is 3.42. The zero-order valence-corrected chi connectivity index (χ0v) is 11.6. The fourth-order valence-electron chi connectivity index (χ4n) is 1.83. The maximum absolute atomic E-state index is 2.35. The van der Waals surface area contributed by atoms with Gasteiger partial charge in [-0.2, -0.15) is 0 Å². The normalized spacial score (nSPS) is 13.2. The minimum absolute atomic E-state index is 0. The number of allylic oxidation sites excluding steroid dienone is 1. The van der Waals surface area contributed by atoms with Crippen LogP contribution in [0.3, 0.4) is 0 Å². The van der Waals surface area contributed by atoms with Gasteiger partial charge in [0.15, 0.2) is 0 Å². The Morgan fingerprint density at radius 2 is 2.00 bits per heavy atom. The van der Waals surface area contributed by atoms with Crippen molar-refractivity contribution in [1.82, 2.24) is 0 Å². The summed E-state index contributed by atoms with van der Waals surface area (Å²) in [6, 6.07) is 8.68. The van der Waals surface area contributed by atoms with Crippen LogP contribution in [0, 0.1) is 0 Å². The van der Waals surface area contributed by atoms with Crippen molar-refractivity contribution in [1.29, 1.82) is 0 Å². The van der Waals surface area contributed by atoms with Gasteiger partial charge in [-0.15, -0.1) is 0 Å². The zero-order chi connectivity index (χ0) is 8.39. The second-order valence-electron chi connectivity index (χ2n) is 3.43. The summed E-state index contributed by atoms with van der Waals surface area (Å²) >= 11 is 0. The molecule has 0 bridgehead atoms. The zero-order valence-electron chi connectivity index (χ0n) is 8.01. The van der Waals surface area contributed by atoms with Crippen LogP contribution < -0.4 is 0 Å². The summed E-state index contributed by atoms with van der Waals surface area (Å²) in [7, 11) is 0. The van der Waals surface area contributed by atoms with Gasteiger partial charge < -0.3 is 0 Å². The van der Waals surface area contributed by atoms with Gasteiger partial charge in [-0.1, -0.05) is 49.3 Å². The summed E-state index contributed by atoms with van der Waals surface area (Å²) in [4.78, 5) is 0. The topological polar surface area (TPSA) is 0 Å². The number of hydrogen-bond acceptors (Lipinski definition) is 0. The van der Waals surface area contributed by atoms with Gasteiger partial charge in [-0.25, -0.2) is 0 Å². The Morgan fingerprint density at radius 3 is 2.69 bits per heavy atom. The van der Waals surface area contributed by atoms with Crippen molar-refractivity contribution < 1.29 is 25.8 Å². The maximum Gasteiger partial charge on any atom is 0 e. The summed E-state index contributed by atoms with van der Waals surface area (Å²) < 4.78 is 0. The van der Waals surface area contributed by atoms with Crippen molar-refractivity contribution in [2.75, 3.05) is 0 Å². The molecule has 0 aromatic heterocycles. The molecule has 1 aliphatic rings. The van der Waals surface area contributed by atoms with Crippen molar-refractivity contribution in [2.45, 2.75) is 26.2 Å². The Hall–Kier alpha value is -0.170. The first-order chi connectivity index (χ1) is 5.90. The Kier molecular flexibility index (Phi) is 4.11. The number of fused-ring (bicyclic) bond motifs is 1. The molecule has 0 spiro atoms. The van der Waals surface area contributed by atoms with E-state index in [0.717, 1.165) is 0 Å². The van der Waals surface area contributed by atoms with E-state index in [0.29, 0.717) is 0 Å². The third-order valence-electron chi connectivity index (χ3n) is 2.40. The first kappa shape index (κ1) is 10.9. The van der Waals surface area contributed by atoms with Crippen LogP contribution in [-0.2, 0) is 32.3 Å². The quantitative estimate of drug-likeness (QED) is 0.726. The summed E-state index contributed by atoms with van der Waals surface area (Å²) in [6.45, 7) is 2.24. The van der Waals surface area contributed by atoms with E-state index in [4.69, 9.17) is 0 Å². The summed E-state index contributed by atoms with van der Waals surface area (Å²) in [5, 5.41) is 0. The van der Waals surface area contributed by atoms with Crippen molar-refractivity contribution in [2.24, 2.45) is 0 Å². The molecular weight excluding hydrogens is 323 g/mol. The van der Waals surface area contributed by atoms with Crippen LogP contribution in [0.4, 0.5) is 0 Å². The monoisotopic (exact) mass is 338 g/mol. The van der Waals surface area contributed by atoms with Gasteiger partial charge in [0.2, 0.25) is 0 Å². The molecule has 1 aromatic rings. The first-order valence-electron chi connectivity index (χ1n) is 4.67. The van der Waals surface area contributed by atoms with E-state index < -0.39 is 0 Å². The Morgan fingerprint density at radius 1 is 1.23 bits per heavy atom. The minimum atomic E-state index is 0. The Balaban J connectivity index is 0.000000845. The second-order valence-corrected chi connectivity index (χ2v) is 3.43. The molecule has 0 atom stereocenters. The summed E-state index contributed by atoms with van der Waals surface area (Å²) in [6.07, 6.45) is 6.05. The van der Waals surface area contributed by atoms with E-state index in [9.17, 15) is 0 Å². The third-order valence-corrected chi connectivity index (χ3v) is 2.40. The molecule has 66 valence electrons. The molecule has 0 heterocycles. The van der Waals surface area contributed by atoms with Gasteiger partial charge in [0.25, 0.3) is 0 Å². The molecule has 0 nitrogen and oxygen atoms in total. The van der Waals surface area contributed by atoms with Gasteiger partial charge in [-0.3, -0.25) is 0 Å². The molecule has 1 heteroatoms. The number of rotatable bonds is 2. The standard InChI is InChI=1S/C12H14.Hf/c1-2-5-10-8-11-6-3-4-7-12(11)9-10;/h3-4,6-8H,2,5,9H2,1H3;. The molecule has 0 N–H and O–H groups in total. The molecule has 0 unspecified atom stereocenters. The number of hydrogen-bond donors (Lipinski definition) is 0. The predicted molar refractivity (Wildman–Crippen MR) is 53.0 cm³/mol. The largest absolute Gasteiger partial charge is 0.0652 e. The summed E-state index contributed by atoms with van der Waals surface area (Å²) in [5.41, 5.74) is 4.53. The van der Waals surface area contributed by atoms with Crippen LogP contribution in [0.25, 0.3) is 6.08 Å².